The molecule has 0 aliphatic rings. The molecule has 9 heteroatoms. The molecule has 0 bridgehead atoms. The van der Waals surface area contributed by atoms with Gasteiger partial charge in [0.1, 0.15) is 0 Å². The number of aromatic nitrogens is 3. The molecule has 0 aliphatic heterocycles. The minimum absolute atomic E-state index is 0.230. The third-order valence-corrected chi connectivity index (χ3v) is 5.02. The maximum atomic E-state index is 12.0. The summed E-state index contributed by atoms with van der Waals surface area (Å²) in [5.74, 6) is -0.310. The number of carbonyl (C=O) groups is 1. The molecule has 114 valence electrons. The highest BCUT2D eigenvalue weighted by Crippen LogP contribution is 2.28. The lowest BCUT2D eigenvalue weighted by Gasteiger charge is -1.96. The van der Waals surface area contributed by atoms with Gasteiger partial charge in [0, 0.05) is 19.5 Å². The summed E-state index contributed by atoms with van der Waals surface area (Å²) < 4.78 is 25.3. The molecule has 0 fully saturated rings. The molecule has 0 saturated carbocycles. The van der Waals surface area contributed by atoms with Crippen molar-refractivity contribution in [3.8, 4) is 0 Å². The van der Waals surface area contributed by atoms with Gasteiger partial charge in [-0.25, -0.2) is 13.4 Å². The molecule has 1 amide bonds. The number of hydrogen-bond acceptors (Lipinski definition) is 6. The highest BCUT2D eigenvalue weighted by molar-refractivity contribution is 7.90. The molecule has 22 heavy (non-hydrogen) atoms. The summed E-state index contributed by atoms with van der Waals surface area (Å²) in [4.78, 5) is 16.5. The number of anilines is 1. The van der Waals surface area contributed by atoms with Gasteiger partial charge in [-0.2, -0.15) is 5.10 Å². The maximum Gasteiger partial charge on any atom is 0.260 e. The number of benzene rings is 1. The average molecular weight is 336 g/mol. The van der Waals surface area contributed by atoms with Crippen LogP contribution in [0.5, 0.6) is 0 Å². The van der Waals surface area contributed by atoms with E-state index < -0.39 is 9.84 Å². The van der Waals surface area contributed by atoms with E-state index in [1.54, 1.807) is 25.4 Å². The molecule has 1 aromatic carbocycles. The van der Waals surface area contributed by atoms with Crippen LogP contribution >= 0.6 is 11.3 Å². The third-order valence-electron chi connectivity index (χ3n) is 2.98. The standard InChI is InChI=1S/C13H12N4O3S2/c1-17-7-8(6-14-17)12(18)16-13-15-10-4-3-9(22(2,19)20)5-11(10)21-13/h3-7H,1-2H3,(H,15,16,18). The second-order valence-corrected chi connectivity index (χ2v) is 7.82. The molecule has 0 atom stereocenters. The molecule has 0 aliphatic carbocycles. The van der Waals surface area contributed by atoms with Crippen LogP contribution in [-0.2, 0) is 16.9 Å². The Bertz CT molecular complexity index is 972. The lowest BCUT2D eigenvalue weighted by Crippen LogP contribution is -2.10. The topological polar surface area (TPSA) is 94.0 Å². The van der Waals surface area contributed by atoms with Gasteiger partial charge >= 0.3 is 0 Å². The number of rotatable bonds is 3. The number of carbonyl (C=O) groups excluding carboxylic acids is 1. The molecule has 0 unspecified atom stereocenters. The number of sulfone groups is 1. The van der Waals surface area contributed by atoms with Gasteiger partial charge in [-0.15, -0.1) is 0 Å². The first-order chi connectivity index (χ1) is 10.3. The van der Waals surface area contributed by atoms with E-state index in [0.29, 0.717) is 20.9 Å². The molecule has 2 aromatic heterocycles. The summed E-state index contributed by atoms with van der Waals surface area (Å²) in [5.41, 5.74) is 1.07. The lowest BCUT2D eigenvalue weighted by molar-refractivity contribution is 0.102. The van der Waals surface area contributed by atoms with Crippen LogP contribution in [0.25, 0.3) is 10.2 Å². The summed E-state index contributed by atoms with van der Waals surface area (Å²) in [6.45, 7) is 0. The Morgan fingerprint density at radius 2 is 2.14 bits per heavy atom. The quantitative estimate of drug-likeness (QED) is 0.785. The van der Waals surface area contributed by atoms with Crippen molar-refractivity contribution >= 4 is 42.4 Å². The second kappa shape index (κ2) is 5.18. The fourth-order valence-electron chi connectivity index (χ4n) is 1.90. The summed E-state index contributed by atoms with van der Waals surface area (Å²) in [6.07, 6.45) is 4.22. The van der Waals surface area contributed by atoms with Crippen molar-refractivity contribution in [3.63, 3.8) is 0 Å². The molecule has 7 nitrogen and oxygen atoms in total. The van der Waals surface area contributed by atoms with Crippen molar-refractivity contribution in [2.24, 2.45) is 7.05 Å². The van der Waals surface area contributed by atoms with Crippen molar-refractivity contribution in [3.05, 3.63) is 36.2 Å². The Balaban J connectivity index is 1.90. The number of amides is 1. The Labute approximate surface area is 130 Å². The van der Waals surface area contributed by atoms with E-state index in [9.17, 15) is 13.2 Å². The highest BCUT2D eigenvalue weighted by atomic mass is 32.2. The molecule has 3 rings (SSSR count). The van der Waals surface area contributed by atoms with E-state index in [4.69, 9.17) is 0 Å². The van der Waals surface area contributed by atoms with Gasteiger partial charge < -0.3 is 0 Å². The van der Waals surface area contributed by atoms with E-state index >= 15 is 0 Å². The Hall–Kier alpha value is -2.26. The Morgan fingerprint density at radius 3 is 2.77 bits per heavy atom. The first kappa shape index (κ1) is 14.7. The van der Waals surface area contributed by atoms with Gasteiger partial charge in [0.15, 0.2) is 15.0 Å². The van der Waals surface area contributed by atoms with Crippen LogP contribution in [0.4, 0.5) is 5.13 Å². The molecule has 0 spiro atoms. The number of hydrogen-bond donors (Lipinski definition) is 1. The predicted octanol–water partition coefficient (Wildman–Crippen LogP) is 1.69. The van der Waals surface area contributed by atoms with Crippen LogP contribution in [0.1, 0.15) is 10.4 Å². The minimum atomic E-state index is -3.27. The van der Waals surface area contributed by atoms with Crippen molar-refractivity contribution in [2.75, 3.05) is 11.6 Å². The number of nitrogens with zero attached hydrogens (tertiary/aromatic N) is 3. The summed E-state index contributed by atoms with van der Waals surface area (Å²) in [7, 11) is -1.54. The third kappa shape index (κ3) is 2.85. The van der Waals surface area contributed by atoms with Crippen molar-refractivity contribution < 1.29 is 13.2 Å². The largest absolute Gasteiger partial charge is 0.298 e. The number of fused-ring (bicyclic) bond motifs is 1. The zero-order valence-corrected chi connectivity index (χ0v) is 13.4. The average Bonchev–Trinajstić information content (AvgIpc) is 3.02. The normalized spacial score (nSPS) is 11.7. The van der Waals surface area contributed by atoms with E-state index in [1.807, 2.05) is 0 Å². The molecule has 0 radical (unpaired) electrons. The SMILES string of the molecule is Cn1cc(C(=O)Nc2nc3ccc(S(C)(=O)=O)cc3s2)cn1. The Kier molecular flexibility index (Phi) is 3.45. The fraction of sp³-hybridized carbons (Fsp3) is 0.154. The van der Waals surface area contributed by atoms with Gasteiger partial charge in [-0.05, 0) is 18.2 Å². The smallest absolute Gasteiger partial charge is 0.260 e. The van der Waals surface area contributed by atoms with Gasteiger partial charge in [0.05, 0.1) is 26.9 Å². The first-order valence-electron chi connectivity index (χ1n) is 6.23. The monoisotopic (exact) mass is 336 g/mol. The molecule has 3 aromatic rings. The van der Waals surface area contributed by atoms with Crippen LogP contribution in [0.15, 0.2) is 35.5 Å². The zero-order valence-electron chi connectivity index (χ0n) is 11.8. The number of aryl methyl sites for hydroxylation is 1. The van der Waals surface area contributed by atoms with Gasteiger partial charge in [-0.3, -0.25) is 14.8 Å². The Morgan fingerprint density at radius 1 is 1.36 bits per heavy atom. The summed E-state index contributed by atoms with van der Waals surface area (Å²) in [6, 6.07) is 4.69. The molecular formula is C13H12N4O3S2. The van der Waals surface area contributed by atoms with Gasteiger partial charge in [0.2, 0.25) is 0 Å². The number of thiazole rings is 1. The molecule has 0 saturated heterocycles. The van der Waals surface area contributed by atoms with E-state index in [2.05, 4.69) is 15.4 Å². The zero-order chi connectivity index (χ0) is 15.9. The molecule has 2 heterocycles. The molecule has 1 N–H and O–H groups in total. The van der Waals surface area contributed by atoms with Crippen LogP contribution in [0.3, 0.4) is 0 Å². The van der Waals surface area contributed by atoms with E-state index in [1.165, 1.54) is 28.3 Å². The molecular weight excluding hydrogens is 324 g/mol. The van der Waals surface area contributed by atoms with E-state index in [0.717, 1.165) is 6.26 Å². The van der Waals surface area contributed by atoms with Crippen LogP contribution in [0, 0.1) is 0 Å². The highest BCUT2D eigenvalue weighted by Gasteiger charge is 2.13. The van der Waals surface area contributed by atoms with Crippen LogP contribution in [0.2, 0.25) is 0 Å². The van der Waals surface area contributed by atoms with Gasteiger partial charge in [0.25, 0.3) is 5.91 Å². The summed E-state index contributed by atoms with van der Waals surface area (Å²) >= 11 is 1.22. The van der Waals surface area contributed by atoms with Crippen LogP contribution < -0.4 is 5.32 Å². The minimum Gasteiger partial charge on any atom is -0.298 e. The van der Waals surface area contributed by atoms with Crippen LogP contribution in [-0.4, -0.2) is 35.3 Å². The summed E-state index contributed by atoms with van der Waals surface area (Å²) in [5, 5.41) is 7.03. The van der Waals surface area contributed by atoms with Crippen molar-refractivity contribution in [1.29, 1.82) is 0 Å². The van der Waals surface area contributed by atoms with Gasteiger partial charge in [-0.1, -0.05) is 11.3 Å². The predicted molar refractivity (Wildman–Crippen MR) is 83.9 cm³/mol. The van der Waals surface area contributed by atoms with Crippen molar-refractivity contribution in [1.82, 2.24) is 14.8 Å². The first-order valence-corrected chi connectivity index (χ1v) is 8.94. The fourth-order valence-corrected chi connectivity index (χ4v) is 3.52. The maximum absolute atomic E-state index is 12.0. The lowest BCUT2D eigenvalue weighted by atomic mass is 10.3. The number of nitrogens with one attached hydrogen (secondary N) is 1. The second-order valence-electron chi connectivity index (χ2n) is 4.78. The van der Waals surface area contributed by atoms with Crippen molar-refractivity contribution in [2.45, 2.75) is 4.90 Å². The van der Waals surface area contributed by atoms with E-state index in [-0.39, 0.29) is 10.8 Å².